The van der Waals surface area contributed by atoms with Gasteiger partial charge in [-0.1, -0.05) is 13.0 Å². The van der Waals surface area contributed by atoms with Crippen LogP contribution in [0.25, 0.3) is 0 Å². The van der Waals surface area contributed by atoms with E-state index in [4.69, 9.17) is 29.3 Å². The first-order valence-corrected chi connectivity index (χ1v) is 10.4. The molecule has 156 valence electrons. The van der Waals surface area contributed by atoms with Crippen LogP contribution in [0.2, 0.25) is 0 Å². The molecule has 10 nitrogen and oxygen atoms in total. The summed E-state index contributed by atoms with van der Waals surface area (Å²) in [5.41, 5.74) is 1.16. The third-order valence-electron chi connectivity index (χ3n) is 4.21. The first kappa shape index (κ1) is 21.9. The summed E-state index contributed by atoms with van der Waals surface area (Å²) in [5.74, 6) is -1.82. The molecule has 0 amide bonds. The Morgan fingerprint density at radius 3 is 2.21 bits per heavy atom. The maximum atomic E-state index is 12.1. The number of rotatable bonds is 5. The molecule has 0 aliphatic carbocycles. The predicted octanol–water partition coefficient (Wildman–Crippen LogP) is 0.428. The van der Waals surface area contributed by atoms with E-state index in [1.165, 1.54) is 0 Å². The molecule has 1 aromatic rings. The van der Waals surface area contributed by atoms with Crippen molar-refractivity contribution in [1.82, 2.24) is 9.21 Å². The summed E-state index contributed by atoms with van der Waals surface area (Å²) in [6.07, 6.45) is 0.666. The van der Waals surface area contributed by atoms with Crippen molar-refractivity contribution in [3.8, 4) is 11.5 Å². The fourth-order valence-corrected chi connectivity index (χ4v) is 4.34. The molecule has 0 atom stereocenters. The van der Waals surface area contributed by atoms with Gasteiger partial charge in [0, 0.05) is 32.7 Å². The minimum absolute atomic E-state index is 0.245. The molecular weight excluding hydrogens is 392 g/mol. The van der Waals surface area contributed by atoms with E-state index < -0.39 is 22.0 Å². The Labute approximate surface area is 163 Å². The largest absolute Gasteiger partial charge is 0.473 e. The molecule has 0 spiro atoms. The van der Waals surface area contributed by atoms with Gasteiger partial charge < -0.3 is 19.7 Å². The number of fused-ring (bicyclic) bond motifs is 1. The van der Waals surface area contributed by atoms with E-state index in [2.05, 4.69) is 4.90 Å². The van der Waals surface area contributed by atoms with E-state index >= 15 is 0 Å². The first-order valence-electron chi connectivity index (χ1n) is 8.78. The second-order valence-corrected chi connectivity index (χ2v) is 8.38. The van der Waals surface area contributed by atoms with Gasteiger partial charge in [0.05, 0.1) is 5.75 Å². The molecule has 0 radical (unpaired) electrons. The van der Waals surface area contributed by atoms with E-state index in [1.807, 2.05) is 25.1 Å². The standard InChI is InChI=1S/C15H22N2O4S.C2H2O4/c1-2-9-22(18,19)17-7-5-16(6-8-17)11-13-3-4-14-15(10-13)21-12-20-14;3-1(4)2(5)6/h3-4,10H,2,5-9,11-12H2,1H3;(H,3,4)(H,5,6). The Morgan fingerprint density at radius 1 is 1.04 bits per heavy atom. The number of carbonyl (C=O) groups is 2. The number of sulfonamides is 1. The average molecular weight is 416 g/mol. The zero-order valence-electron chi connectivity index (χ0n) is 15.5. The van der Waals surface area contributed by atoms with Crippen LogP contribution in [0.15, 0.2) is 18.2 Å². The van der Waals surface area contributed by atoms with E-state index in [9.17, 15) is 8.42 Å². The second-order valence-electron chi connectivity index (χ2n) is 6.29. The monoisotopic (exact) mass is 416 g/mol. The van der Waals surface area contributed by atoms with Crippen molar-refractivity contribution >= 4 is 22.0 Å². The normalized spacial score (nSPS) is 16.9. The van der Waals surface area contributed by atoms with Crippen molar-refractivity contribution in [3.05, 3.63) is 23.8 Å². The Morgan fingerprint density at radius 2 is 1.64 bits per heavy atom. The van der Waals surface area contributed by atoms with E-state index in [0.717, 1.165) is 36.7 Å². The topological polar surface area (TPSA) is 134 Å². The highest BCUT2D eigenvalue weighted by molar-refractivity contribution is 7.89. The van der Waals surface area contributed by atoms with Gasteiger partial charge in [-0.2, -0.15) is 4.31 Å². The third-order valence-corrected chi connectivity index (χ3v) is 6.29. The Bertz CT molecular complexity index is 791. The SMILES string of the molecule is CCCS(=O)(=O)N1CCN(Cc2ccc3c(c2)OCO3)CC1.O=C(O)C(=O)O. The van der Waals surface area contributed by atoms with Crippen LogP contribution in [0.4, 0.5) is 0 Å². The Hall–Kier alpha value is -2.37. The highest BCUT2D eigenvalue weighted by Crippen LogP contribution is 2.32. The summed E-state index contributed by atoms with van der Waals surface area (Å²) in [6.45, 7) is 5.66. The van der Waals surface area contributed by atoms with Gasteiger partial charge in [0.1, 0.15) is 0 Å². The molecule has 0 bridgehead atoms. The maximum absolute atomic E-state index is 12.1. The molecule has 0 unspecified atom stereocenters. The van der Waals surface area contributed by atoms with Gasteiger partial charge in [-0.25, -0.2) is 18.0 Å². The van der Waals surface area contributed by atoms with E-state index in [-0.39, 0.29) is 12.5 Å². The van der Waals surface area contributed by atoms with Gasteiger partial charge in [0.2, 0.25) is 16.8 Å². The predicted molar refractivity (Wildman–Crippen MR) is 98.8 cm³/mol. The van der Waals surface area contributed by atoms with Crippen molar-refractivity contribution in [1.29, 1.82) is 0 Å². The Balaban J connectivity index is 0.000000409. The van der Waals surface area contributed by atoms with Crippen molar-refractivity contribution in [2.75, 3.05) is 38.7 Å². The summed E-state index contributed by atoms with van der Waals surface area (Å²) in [5, 5.41) is 14.8. The molecule has 2 aliphatic rings. The van der Waals surface area contributed by atoms with Crippen LogP contribution < -0.4 is 9.47 Å². The number of ether oxygens (including phenoxy) is 2. The van der Waals surface area contributed by atoms with Crippen LogP contribution in [-0.4, -0.2) is 78.5 Å². The smallest absolute Gasteiger partial charge is 0.414 e. The lowest BCUT2D eigenvalue weighted by molar-refractivity contribution is -0.159. The number of hydrogen-bond donors (Lipinski definition) is 2. The minimum atomic E-state index is -3.07. The lowest BCUT2D eigenvalue weighted by Crippen LogP contribution is -2.48. The molecule has 1 fully saturated rings. The molecule has 3 rings (SSSR count). The van der Waals surface area contributed by atoms with Crippen molar-refractivity contribution in [2.24, 2.45) is 0 Å². The van der Waals surface area contributed by atoms with Gasteiger partial charge in [0.15, 0.2) is 11.5 Å². The average Bonchev–Trinajstić information content (AvgIpc) is 3.10. The van der Waals surface area contributed by atoms with E-state index in [0.29, 0.717) is 19.5 Å². The molecule has 2 N–H and O–H groups in total. The number of piperazine rings is 1. The minimum Gasteiger partial charge on any atom is -0.473 e. The number of benzene rings is 1. The van der Waals surface area contributed by atoms with Crippen LogP contribution in [0.1, 0.15) is 18.9 Å². The second kappa shape index (κ2) is 9.71. The summed E-state index contributed by atoms with van der Waals surface area (Å²) in [4.78, 5) is 20.5. The number of carboxylic acid groups (broad SMARTS) is 2. The zero-order chi connectivity index (χ0) is 20.7. The molecule has 2 aliphatic heterocycles. The summed E-state index contributed by atoms with van der Waals surface area (Å²) >= 11 is 0. The molecule has 1 saturated heterocycles. The Kier molecular flexibility index (Phi) is 7.61. The molecule has 0 saturated carbocycles. The van der Waals surface area contributed by atoms with Crippen molar-refractivity contribution in [2.45, 2.75) is 19.9 Å². The quantitative estimate of drug-likeness (QED) is 0.655. The zero-order valence-corrected chi connectivity index (χ0v) is 16.4. The molecular formula is C17H24N2O8S. The van der Waals surface area contributed by atoms with Gasteiger partial charge in [-0.05, 0) is 24.1 Å². The molecule has 2 heterocycles. The van der Waals surface area contributed by atoms with E-state index in [1.54, 1.807) is 4.31 Å². The van der Waals surface area contributed by atoms with Crippen molar-refractivity contribution in [3.63, 3.8) is 0 Å². The van der Waals surface area contributed by atoms with Crippen molar-refractivity contribution < 1.29 is 37.7 Å². The number of carboxylic acids is 2. The number of hydrogen-bond acceptors (Lipinski definition) is 7. The third kappa shape index (κ3) is 6.08. The van der Waals surface area contributed by atoms with Crippen LogP contribution in [-0.2, 0) is 26.2 Å². The lowest BCUT2D eigenvalue weighted by Gasteiger charge is -2.34. The fourth-order valence-electron chi connectivity index (χ4n) is 2.85. The highest BCUT2D eigenvalue weighted by Gasteiger charge is 2.26. The summed E-state index contributed by atoms with van der Waals surface area (Å²) < 4.78 is 36.4. The highest BCUT2D eigenvalue weighted by atomic mass is 32.2. The van der Waals surface area contributed by atoms with Gasteiger partial charge in [0.25, 0.3) is 0 Å². The number of aliphatic carboxylic acids is 2. The summed E-state index contributed by atoms with van der Waals surface area (Å²) in [6, 6.07) is 5.97. The van der Waals surface area contributed by atoms with Gasteiger partial charge in [-0.3, -0.25) is 4.90 Å². The lowest BCUT2D eigenvalue weighted by atomic mass is 10.2. The first-order chi connectivity index (χ1) is 13.2. The molecule has 1 aromatic carbocycles. The molecule has 28 heavy (non-hydrogen) atoms. The van der Waals surface area contributed by atoms with Crippen LogP contribution >= 0.6 is 0 Å². The van der Waals surface area contributed by atoms with Gasteiger partial charge in [-0.15, -0.1) is 0 Å². The molecule has 11 heteroatoms. The van der Waals surface area contributed by atoms with Crippen LogP contribution in [0.3, 0.4) is 0 Å². The summed E-state index contributed by atoms with van der Waals surface area (Å²) in [7, 11) is -3.07. The van der Waals surface area contributed by atoms with Gasteiger partial charge >= 0.3 is 11.9 Å². The molecule has 0 aromatic heterocycles. The fraction of sp³-hybridized carbons (Fsp3) is 0.529. The number of nitrogens with zero attached hydrogens (tertiary/aromatic N) is 2. The van der Waals surface area contributed by atoms with Crippen LogP contribution in [0, 0.1) is 0 Å². The maximum Gasteiger partial charge on any atom is 0.414 e. The van der Waals surface area contributed by atoms with Crippen LogP contribution in [0.5, 0.6) is 11.5 Å².